The SMILES string of the molecule is CC(=O)NC[C@H]1CN(c2ccc(N3CCN(C(=O)/C=C/c4cccnc4)CC3)c(F)c2)C(=O)O1. The number of amides is 3. The van der Waals surface area contributed by atoms with Gasteiger partial charge in [-0.3, -0.25) is 19.5 Å². The van der Waals surface area contributed by atoms with Gasteiger partial charge in [0.15, 0.2) is 0 Å². The topological polar surface area (TPSA) is 95.1 Å². The van der Waals surface area contributed by atoms with E-state index in [1.54, 1.807) is 41.6 Å². The van der Waals surface area contributed by atoms with E-state index in [1.807, 2.05) is 11.0 Å². The molecule has 0 unspecified atom stereocenters. The van der Waals surface area contributed by atoms with Crippen molar-refractivity contribution < 1.29 is 23.5 Å². The van der Waals surface area contributed by atoms with Gasteiger partial charge < -0.3 is 19.9 Å². The van der Waals surface area contributed by atoms with Crippen LogP contribution in [-0.4, -0.2) is 73.2 Å². The third-order valence-corrected chi connectivity index (χ3v) is 5.73. The van der Waals surface area contributed by atoms with Crippen LogP contribution in [0.5, 0.6) is 0 Å². The molecule has 1 N–H and O–H groups in total. The zero-order chi connectivity index (χ0) is 24.1. The minimum absolute atomic E-state index is 0.0966. The highest BCUT2D eigenvalue weighted by Crippen LogP contribution is 2.28. The summed E-state index contributed by atoms with van der Waals surface area (Å²) in [6, 6.07) is 8.30. The van der Waals surface area contributed by atoms with Crippen molar-refractivity contribution in [3.8, 4) is 0 Å². The molecule has 0 radical (unpaired) electrons. The first kappa shape index (κ1) is 23.2. The molecular formula is C24H26FN5O4. The Morgan fingerprint density at radius 1 is 1.24 bits per heavy atom. The van der Waals surface area contributed by atoms with Crippen molar-refractivity contribution in [3.63, 3.8) is 0 Å². The number of rotatable bonds is 6. The third kappa shape index (κ3) is 5.51. The number of nitrogens with zero attached hydrogens (tertiary/aromatic N) is 4. The van der Waals surface area contributed by atoms with Gasteiger partial charge in [-0.25, -0.2) is 9.18 Å². The molecule has 2 saturated heterocycles. The number of anilines is 2. The van der Waals surface area contributed by atoms with E-state index in [0.717, 1.165) is 5.56 Å². The molecule has 2 aromatic rings. The van der Waals surface area contributed by atoms with Crippen LogP contribution in [0.3, 0.4) is 0 Å². The lowest BCUT2D eigenvalue weighted by atomic mass is 10.2. The summed E-state index contributed by atoms with van der Waals surface area (Å²) in [5, 5.41) is 2.61. The summed E-state index contributed by atoms with van der Waals surface area (Å²) in [6.07, 6.45) is 5.54. The van der Waals surface area contributed by atoms with Crippen LogP contribution in [-0.2, 0) is 14.3 Å². The van der Waals surface area contributed by atoms with Crippen molar-refractivity contribution >= 4 is 35.4 Å². The average molecular weight is 468 g/mol. The van der Waals surface area contributed by atoms with Crippen LogP contribution < -0.4 is 15.1 Å². The molecule has 4 rings (SSSR count). The summed E-state index contributed by atoms with van der Waals surface area (Å²) in [6.45, 7) is 3.75. The summed E-state index contributed by atoms with van der Waals surface area (Å²) in [5.41, 5.74) is 1.66. The van der Waals surface area contributed by atoms with Gasteiger partial charge in [0.1, 0.15) is 11.9 Å². The molecular weight excluding hydrogens is 441 g/mol. The maximum Gasteiger partial charge on any atom is 0.414 e. The van der Waals surface area contributed by atoms with Gasteiger partial charge in [0, 0.05) is 51.6 Å². The summed E-state index contributed by atoms with van der Waals surface area (Å²) in [5.74, 6) is -0.760. The van der Waals surface area contributed by atoms with E-state index in [2.05, 4.69) is 10.3 Å². The molecule has 0 spiro atoms. The Hall–Kier alpha value is -3.95. The van der Waals surface area contributed by atoms with Crippen molar-refractivity contribution in [1.82, 2.24) is 15.2 Å². The Labute approximate surface area is 196 Å². The number of pyridine rings is 1. The number of ether oxygens (including phenoxy) is 1. The van der Waals surface area contributed by atoms with Gasteiger partial charge in [0.25, 0.3) is 0 Å². The normalized spacial score (nSPS) is 18.4. The maximum atomic E-state index is 15.0. The molecule has 2 aliphatic heterocycles. The van der Waals surface area contributed by atoms with Gasteiger partial charge in [-0.05, 0) is 35.9 Å². The molecule has 1 aromatic heterocycles. The van der Waals surface area contributed by atoms with E-state index in [-0.39, 0.29) is 24.9 Å². The molecule has 10 heteroatoms. The predicted molar refractivity (Wildman–Crippen MR) is 125 cm³/mol. The van der Waals surface area contributed by atoms with Gasteiger partial charge in [-0.1, -0.05) is 6.07 Å². The Morgan fingerprint density at radius 2 is 2.03 bits per heavy atom. The molecule has 3 amide bonds. The molecule has 9 nitrogen and oxygen atoms in total. The average Bonchev–Trinajstić information content (AvgIpc) is 3.22. The molecule has 1 atom stereocenters. The van der Waals surface area contributed by atoms with E-state index in [9.17, 15) is 18.8 Å². The van der Waals surface area contributed by atoms with E-state index in [1.165, 1.54) is 24.0 Å². The van der Waals surface area contributed by atoms with Gasteiger partial charge in [-0.15, -0.1) is 0 Å². The number of piperazine rings is 1. The highest BCUT2D eigenvalue weighted by molar-refractivity contribution is 5.92. The lowest BCUT2D eigenvalue weighted by Gasteiger charge is -2.36. The van der Waals surface area contributed by atoms with Gasteiger partial charge in [0.2, 0.25) is 11.8 Å². The number of nitrogens with one attached hydrogen (secondary N) is 1. The number of hydrogen-bond acceptors (Lipinski definition) is 6. The fourth-order valence-electron chi connectivity index (χ4n) is 3.93. The summed E-state index contributed by atoms with van der Waals surface area (Å²) < 4.78 is 20.2. The fourth-order valence-corrected chi connectivity index (χ4v) is 3.93. The summed E-state index contributed by atoms with van der Waals surface area (Å²) in [7, 11) is 0. The van der Waals surface area contributed by atoms with Crippen LogP contribution >= 0.6 is 0 Å². The van der Waals surface area contributed by atoms with E-state index in [4.69, 9.17) is 4.74 Å². The first-order chi connectivity index (χ1) is 16.4. The minimum atomic E-state index is -0.575. The first-order valence-electron chi connectivity index (χ1n) is 11.0. The molecule has 2 fully saturated rings. The van der Waals surface area contributed by atoms with Crippen LogP contribution in [0, 0.1) is 5.82 Å². The molecule has 0 aliphatic carbocycles. The van der Waals surface area contributed by atoms with Gasteiger partial charge >= 0.3 is 6.09 Å². The number of benzene rings is 1. The van der Waals surface area contributed by atoms with Crippen LogP contribution in [0.1, 0.15) is 12.5 Å². The van der Waals surface area contributed by atoms with Gasteiger partial charge in [-0.2, -0.15) is 0 Å². The largest absolute Gasteiger partial charge is 0.442 e. The van der Waals surface area contributed by atoms with Crippen molar-refractivity contribution in [2.45, 2.75) is 13.0 Å². The first-order valence-corrected chi connectivity index (χ1v) is 11.0. The van der Waals surface area contributed by atoms with E-state index < -0.39 is 18.0 Å². The van der Waals surface area contributed by atoms with Crippen molar-refractivity contribution in [2.24, 2.45) is 0 Å². The minimum Gasteiger partial charge on any atom is -0.442 e. The van der Waals surface area contributed by atoms with Crippen molar-refractivity contribution in [3.05, 3.63) is 60.2 Å². The Morgan fingerprint density at radius 3 is 2.71 bits per heavy atom. The van der Waals surface area contributed by atoms with Crippen molar-refractivity contribution in [2.75, 3.05) is 49.1 Å². The quantitative estimate of drug-likeness (QED) is 0.654. The third-order valence-electron chi connectivity index (χ3n) is 5.73. The van der Waals surface area contributed by atoms with Crippen LogP contribution in [0.4, 0.5) is 20.6 Å². The van der Waals surface area contributed by atoms with Crippen LogP contribution in [0.2, 0.25) is 0 Å². The fraction of sp³-hybridized carbons (Fsp3) is 0.333. The number of carbonyl (C=O) groups excluding carboxylic acids is 3. The van der Waals surface area contributed by atoms with E-state index in [0.29, 0.717) is 37.6 Å². The smallest absolute Gasteiger partial charge is 0.414 e. The summed E-state index contributed by atoms with van der Waals surface area (Å²) in [4.78, 5) is 44.7. The second-order valence-electron chi connectivity index (χ2n) is 8.12. The number of hydrogen-bond donors (Lipinski definition) is 1. The second-order valence-corrected chi connectivity index (χ2v) is 8.12. The van der Waals surface area contributed by atoms with Crippen LogP contribution in [0.25, 0.3) is 6.08 Å². The number of aromatic nitrogens is 1. The highest BCUT2D eigenvalue weighted by atomic mass is 19.1. The predicted octanol–water partition coefficient (Wildman–Crippen LogP) is 2.04. The van der Waals surface area contributed by atoms with Crippen molar-refractivity contribution in [1.29, 1.82) is 0 Å². The molecule has 178 valence electrons. The van der Waals surface area contributed by atoms with Crippen LogP contribution in [0.15, 0.2) is 48.8 Å². The summed E-state index contributed by atoms with van der Waals surface area (Å²) >= 11 is 0. The standard InChI is InChI=1S/C24H26FN5O4/c1-17(31)27-15-20-16-30(24(33)34-20)19-5-6-22(21(25)13-19)28-9-11-29(12-10-28)23(32)7-4-18-3-2-8-26-14-18/h2-8,13-14,20H,9-12,15-16H2,1H3,(H,27,31)/b7-4+/t20-/m0/s1. The van der Waals surface area contributed by atoms with Gasteiger partial charge in [0.05, 0.1) is 24.5 Å². The Kier molecular flexibility index (Phi) is 7.05. The maximum absolute atomic E-state index is 15.0. The highest BCUT2D eigenvalue weighted by Gasteiger charge is 2.33. The Balaban J connectivity index is 1.33. The second kappa shape index (κ2) is 10.3. The zero-order valence-electron chi connectivity index (χ0n) is 18.8. The lowest BCUT2D eigenvalue weighted by Crippen LogP contribution is -2.48. The number of carbonyl (C=O) groups is 3. The zero-order valence-corrected chi connectivity index (χ0v) is 18.8. The number of halogens is 1. The Bertz CT molecular complexity index is 1090. The molecule has 2 aliphatic rings. The monoisotopic (exact) mass is 467 g/mol. The molecule has 34 heavy (non-hydrogen) atoms. The van der Waals surface area contributed by atoms with E-state index >= 15 is 0 Å². The molecule has 3 heterocycles. The number of cyclic esters (lactones) is 1. The molecule has 1 aromatic carbocycles. The molecule has 0 bridgehead atoms. The lowest BCUT2D eigenvalue weighted by molar-refractivity contribution is -0.126. The molecule has 0 saturated carbocycles.